The Morgan fingerprint density at radius 3 is 2.43 bits per heavy atom. The van der Waals surface area contributed by atoms with Gasteiger partial charge in [0, 0.05) is 6.07 Å². The number of anilines is 1. The minimum Gasteiger partial charge on any atom is -0.475 e. The highest BCUT2D eigenvalue weighted by Crippen LogP contribution is 2.21. The van der Waals surface area contributed by atoms with Gasteiger partial charge in [0.25, 0.3) is 11.6 Å². The van der Waals surface area contributed by atoms with Crippen LogP contribution in [0.2, 0.25) is 0 Å². The molecule has 1 heterocycles. The first-order valence-corrected chi connectivity index (χ1v) is 5.47. The van der Waals surface area contributed by atoms with Crippen LogP contribution in [0.4, 0.5) is 15.8 Å². The Kier molecular flexibility index (Phi) is 3.65. The summed E-state index contributed by atoms with van der Waals surface area (Å²) in [4.78, 5) is 32.0. The number of carbonyl (C=O) groups excluding carboxylic acids is 1. The fourth-order valence-electron chi connectivity index (χ4n) is 1.48. The number of nitrogens with one attached hydrogen (secondary N) is 1. The van der Waals surface area contributed by atoms with Crippen molar-refractivity contribution in [2.24, 2.45) is 0 Å². The number of carbonyl (C=O) groups is 2. The molecule has 1 aromatic heterocycles. The number of furan rings is 1. The molecule has 8 nitrogen and oxygen atoms in total. The number of carboxylic acids is 1. The number of halogens is 1. The Labute approximate surface area is 115 Å². The van der Waals surface area contributed by atoms with Gasteiger partial charge in [-0.2, -0.15) is 0 Å². The SMILES string of the molecule is O=C(O)c1ccc(C(=O)Nc2ccc([N+](=O)[O-])cc2F)o1. The third-order valence-electron chi connectivity index (χ3n) is 2.45. The Hall–Kier alpha value is -3.23. The second-order valence-electron chi connectivity index (χ2n) is 3.84. The zero-order chi connectivity index (χ0) is 15.6. The zero-order valence-corrected chi connectivity index (χ0v) is 10.2. The van der Waals surface area contributed by atoms with Gasteiger partial charge in [0.2, 0.25) is 5.76 Å². The molecule has 0 aliphatic carbocycles. The average molecular weight is 294 g/mol. The van der Waals surface area contributed by atoms with Gasteiger partial charge in [-0.25, -0.2) is 9.18 Å². The van der Waals surface area contributed by atoms with E-state index in [2.05, 4.69) is 5.32 Å². The predicted molar refractivity (Wildman–Crippen MR) is 66.7 cm³/mol. The maximum atomic E-state index is 13.6. The van der Waals surface area contributed by atoms with Gasteiger partial charge >= 0.3 is 5.97 Å². The summed E-state index contributed by atoms with van der Waals surface area (Å²) < 4.78 is 18.3. The molecule has 2 N–H and O–H groups in total. The van der Waals surface area contributed by atoms with E-state index < -0.39 is 34.1 Å². The van der Waals surface area contributed by atoms with Crippen LogP contribution in [0.5, 0.6) is 0 Å². The fourth-order valence-corrected chi connectivity index (χ4v) is 1.48. The van der Waals surface area contributed by atoms with E-state index in [4.69, 9.17) is 9.52 Å². The normalized spacial score (nSPS) is 10.1. The topological polar surface area (TPSA) is 123 Å². The number of non-ortho nitro benzene ring substituents is 1. The lowest BCUT2D eigenvalue weighted by Crippen LogP contribution is -2.12. The van der Waals surface area contributed by atoms with Gasteiger partial charge in [0.05, 0.1) is 16.7 Å². The van der Waals surface area contributed by atoms with Gasteiger partial charge < -0.3 is 14.8 Å². The largest absolute Gasteiger partial charge is 0.475 e. The molecule has 2 rings (SSSR count). The summed E-state index contributed by atoms with van der Waals surface area (Å²) in [6, 6.07) is 4.88. The van der Waals surface area contributed by atoms with Crippen molar-refractivity contribution in [1.82, 2.24) is 0 Å². The third kappa shape index (κ3) is 3.03. The molecule has 0 saturated carbocycles. The lowest BCUT2D eigenvalue weighted by molar-refractivity contribution is -0.385. The van der Waals surface area contributed by atoms with Gasteiger partial charge in [0.15, 0.2) is 11.6 Å². The number of hydrogen-bond acceptors (Lipinski definition) is 5. The molecule has 1 amide bonds. The van der Waals surface area contributed by atoms with Crippen LogP contribution in [0, 0.1) is 15.9 Å². The fraction of sp³-hybridized carbons (Fsp3) is 0. The summed E-state index contributed by atoms with van der Waals surface area (Å²) in [7, 11) is 0. The quantitative estimate of drug-likeness (QED) is 0.658. The second-order valence-corrected chi connectivity index (χ2v) is 3.84. The predicted octanol–water partition coefficient (Wildman–Crippen LogP) is 2.28. The molecule has 21 heavy (non-hydrogen) atoms. The van der Waals surface area contributed by atoms with Gasteiger partial charge in [0.1, 0.15) is 0 Å². The van der Waals surface area contributed by atoms with Gasteiger partial charge in [-0.3, -0.25) is 14.9 Å². The summed E-state index contributed by atoms with van der Waals surface area (Å²) in [5, 5.41) is 21.2. The van der Waals surface area contributed by atoms with Gasteiger partial charge in [-0.15, -0.1) is 0 Å². The second kappa shape index (κ2) is 5.41. The highest BCUT2D eigenvalue weighted by atomic mass is 19.1. The summed E-state index contributed by atoms with van der Waals surface area (Å²) in [5.74, 6) is -4.00. The summed E-state index contributed by atoms with van der Waals surface area (Å²) in [6.07, 6.45) is 0. The van der Waals surface area contributed by atoms with Crippen LogP contribution < -0.4 is 5.32 Å². The lowest BCUT2D eigenvalue weighted by atomic mass is 10.2. The molecule has 0 saturated heterocycles. The minimum absolute atomic E-state index is 0.293. The molecule has 0 bridgehead atoms. The van der Waals surface area contributed by atoms with Crippen molar-refractivity contribution in [2.75, 3.05) is 5.32 Å². The molecule has 9 heteroatoms. The first kappa shape index (κ1) is 14.2. The number of nitrogens with zero attached hydrogens (tertiary/aromatic N) is 1. The molecule has 0 unspecified atom stereocenters. The number of rotatable bonds is 4. The molecule has 0 aliphatic rings. The molecule has 2 aromatic rings. The molecule has 0 fully saturated rings. The number of carboxylic acid groups (broad SMARTS) is 1. The molecular weight excluding hydrogens is 287 g/mol. The molecule has 0 aliphatic heterocycles. The Morgan fingerprint density at radius 2 is 1.90 bits per heavy atom. The lowest BCUT2D eigenvalue weighted by Gasteiger charge is -2.04. The number of aromatic carboxylic acids is 1. The Balaban J connectivity index is 2.19. The molecule has 0 spiro atoms. The molecule has 0 radical (unpaired) electrons. The van der Waals surface area contributed by atoms with Crippen LogP contribution in [0.3, 0.4) is 0 Å². The molecule has 1 aromatic carbocycles. The number of hydrogen-bond donors (Lipinski definition) is 2. The van der Waals surface area contributed by atoms with Crippen LogP contribution in [-0.4, -0.2) is 21.9 Å². The first-order chi connectivity index (χ1) is 9.88. The number of nitro benzene ring substituents is 1. The first-order valence-electron chi connectivity index (χ1n) is 5.47. The number of amides is 1. The number of nitro groups is 1. The summed E-state index contributed by atoms with van der Waals surface area (Å²) in [6.45, 7) is 0. The van der Waals surface area contributed by atoms with Crippen molar-refractivity contribution >= 4 is 23.3 Å². The molecule has 0 atom stereocenters. The van der Waals surface area contributed by atoms with Crippen molar-refractivity contribution in [3.05, 3.63) is 57.8 Å². The monoisotopic (exact) mass is 294 g/mol. The number of benzene rings is 1. The summed E-state index contributed by atoms with van der Waals surface area (Å²) in [5.41, 5.74) is -0.754. The van der Waals surface area contributed by atoms with Crippen LogP contribution in [0.15, 0.2) is 34.7 Å². The van der Waals surface area contributed by atoms with Crippen molar-refractivity contribution < 1.29 is 28.4 Å². The molecule has 108 valence electrons. The van der Waals surface area contributed by atoms with E-state index in [0.29, 0.717) is 6.07 Å². The van der Waals surface area contributed by atoms with E-state index in [1.165, 1.54) is 0 Å². The Bertz CT molecular complexity index is 739. The summed E-state index contributed by atoms with van der Waals surface area (Å²) >= 11 is 0. The van der Waals surface area contributed by atoms with Crippen molar-refractivity contribution in [1.29, 1.82) is 0 Å². The van der Waals surface area contributed by atoms with E-state index in [9.17, 15) is 24.1 Å². The van der Waals surface area contributed by atoms with E-state index in [1.54, 1.807) is 0 Å². The zero-order valence-electron chi connectivity index (χ0n) is 10.2. The smallest absolute Gasteiger partial charge is 0.371 e. The van der Waals surface area contributed by atoms with Crippen LogP contribution in [0.1, 0.15) is 21.1 Å². The van der Waals surface area contributed by atoms with Crippen molar-refractivity contribution in [2.45, 2.75) is 0 Å². The van der Waals surface area contributed by atoms with E-state index in [-0.39, 0.29) is 11.4 Å². The third-order valence-corrected chi connectivity index (χ3v) is 2.45. The van der Waals surface area contributed by atoms with Crippen LogP contribution >= 0.6 is 0 Å². The Morgan fingerprint density at radius 1 is 1.24 bits per heavy atom. The van der Waals surface area contributed by atoms with Crippen molar-refractivity contribution in [3.63, 3.8) is 0 Å². The highest BCUT2D eigenvalue weighted by molar-refractivity contribution is 6.03. The van der Waals surface area contributed by atoms with E-state index >= 15 is 0 Å². The van der Waals surface area contributed by atoms with Gasteiger partial charge in [-0.05, 0) is 18.2 Å². The maximum absolute atomic E-state index is 13.6. The van der Waals surface area contributed by atoms with Crippen LogP contribution in [0.25, 0.3) is 0 Å². The highest BCUT2D eigenvalue weighted by Gasteiger charge is 2.17. The maximum Gasteiger partial charge on any atom is 0.371 e. The van der Waals surface area contributed by atoms with Crippen LogP contribution in [-0.2, 0) is 0 Å². The van der Waals surface area contributed by atoms with E-state index in [0.717, 1.165) is 24.3 Å². The van der Waals surface area contributed by atoms with Crippen molar-refractivity contribution in [3.8, 4) is 0 Å². The molecular formula is C12H7FN2O6. The van der Waals surface area contributed by atoms with Gasteiger partial charge in [-0.1, -0.05) is 0 Å². The average Bonchev–Trinajstić information content (AvgIpc) is 2.90. The minimum atomic E-state index is -1.35. The van der Waals surface area contributed by atoms with E-state index in [1.807, 2.05) is 0 Å². The standard InChI is InChI=1S/C12H7FN2O6/c13-7-5-6(15(19)20)1-2-8(7)14-11(16)9-3-4-10(21-9)12(17)18/h1-5H,(H,14,16)(H,17,18).